The third-order valence-corrected chi connectivity index (χ3v) is 12.1. The number of hydrogen-bond acceptors (Lipinski definition) is 3. The van der Waals surface area contributed by atoms with E-state index < -0.39 is 16.1 Å². The van der Waals surface area contributed by atoms with Crippen molar-refractivity contribution in [2.45, 2.75) is 13.0 Å². The minimum absolute atomic E-state index is 0.00514. The number of benzene rings is 6. The Kier molecular flexibility index (Phi) is 7.48. The molecule has 0 amide bonds. The molecule has 213 valence electrons. The largest absolute Gasteiger partial charge is 0.408 e. The quantitative estimate of drug-likeness (QED) is 0.192. The molecule has 1 N–H and O–H groups in total. The fraction of sp³-hybridized carbons (Fsp3) is 0.0513. The van der Waals surface area contributed by atoms with Gasteiger partial charge in [-0.25, -0.2) is 5.09 Å². The van der Waals surface area contributed by atoms with Crippen molar-refractivity contribution < 1.29 is 8.39 Å². The Bertz CT molecular complexity index is 1990. The van der Waals surface area contributed by atoms with Crippen molar-refractivity contribution in [3.8, 4) is 0 Å². The van der Waals surface area contributed by atoms with Gasteiger partial charge >= 0.3 is 8.16 Å². The van der Waals surface area contributed by atoms with Crippen LogP contribution in [0.1, 0.15) is 6.92 Å². The van der Waals surface area contributed by atoms with Crippen LogP contribution in [0, 0.1) is 30.8 Å². The van der Waals surface area contributed by atoms with Gasteiger partial charge in [-0.15, -0.1) is 0 Å². The van der Waals surface area contributed by atoms with Crippen molar-refractivity contribution in [1.29, 1.82) is 0 Å². The van der Waals surface area contributed by atoms with E-state index in [-0.39, 0.29) is 6.04 Å². The lowest BCUT2D eigenvalue weighted by molar-refractivity contribution is 0.637. The van der Waals surface area contributed by atoms with E-state index in [1.54, 1.807) is 0 Å². The van der Waals surface area contributed by atoms with Crippen LogP contribution in [0.3, 0.4) is 0 Å². The van der Waals surface area contributed by atoms with Crippen LogP contribution >= 0.6 is 16.1 Å². The highest BCUT2D eigenvalue weighted by Crippen LogP contribution is 2.57. The molecule has 0 spiro atoms. The fourth-order valence-corrected chi connectivity index (χ4v) is 10.0. The van der Waals surface area contributed by atoms with E-state index in [2.05, 4.69) is 165 Å². The maximum absolute atomic E-state index is 6.77. The predicted octanol–water partition coefficient (Wildman–Crippen LogP) is 10.4. The maximum Gasteiger partial charge on any atom is 0.307 e. The third kappa shape index (κ3) is 5.04. The minimum Gasteiger partial charge on any atom is -0.408 e. The van der Waals surface area contributed by atoms with Crippen molar-refractivity contribution in [1.82, 2.24) is 0 Å². The number of rotatable bonds is 6. The van der Waals surface area contributed by atoms with Crippen molar-refractivity contribution in [3.05, 3.63) is 164 Å². The molecule has 0 bridgehead atoms. The minimum atomic E-state index is -1.51. The van der Waals surface area contributed by atoms with E-state index in [0.717, 1.165) is 32.7 Å². The monoisotopic (exact) mass is 606 g/mol. The van der Waals surface area contributed by atoms with E-state index in [1.807, 2.05) is 0 Å². The van der Waals surface area contributed by atoms with Crippen molar-refractivity contribution >= 4 is 70.2 Å². The number of nitrogens with one attached hydrogen (secondary N) is 1. The predicted molar refractivity (Wildman–Crippen MR) is 189 cm³/mol. The molecule has 0 aliphatic heterocycles. The first-order valence-electron chi connectivity index (χ1n) is 14.9. The fourth-order valence-electron chi connectivity index (χ4n) is 6.22. The Morgan fingerprint density at radius 2 is 1.07 bits per heavy atom. The summed E-state index contributed by atoms with van der Waals surface area (Å²) < 4.78 is 13.5. The van der Waals surface area contributed by atoms with Crippen LogP contribution in [-0.2, 0) is 0 Å². The van der Waals surface area contributed by atoms with Crippen LogP contribution < -0.4 is 15.7 Å². The van der Waals surface area contributed by atoms with E-state index in [4.69, 9.17) is 8.39 Å². The van der Waals surface area contributed by atoms with Crippen LogP contribution in [0.2, 0.25) is 0 Å². The zero-order valence-corrected chi connectivity index (χ0v) is 26.0. The van der Waals surface area contributed by atoms with Crippen molar-refractivity contribution in [2.24, 2.45) is 0 Å². The van der Waals surface area contributed by atoms with Gasteiger partial charge in [0.2, 0.25) is 0 Å². The molecule has 1 aliphatic carbocycles. The average molecular weight is 607 g/mol. The summed E-state index contributed by atoms with van der Waals surface area (Å²) in [6.45, 7) is 2.21. The summed E-state index contributed by atoms with van der Waals surface area (Å²) in [5.74, 6) is 1.26. The van der Waals surface area contributed by atoms with E-state index in [1.165, 1.54) is 33.0 Å². The summed E-state index contributed by atoms with van der Waals surface area (Å²) >= 11 is 0. The lowest BCUT2D eigenvalue weighted by Crippen LogP contribution is -2.28. The van der Waals surface area contributed by atoms with E-state index in [9.17, 15) is 0 Å². The molecule has 1 atom stereocenters. The highest BCUT2D eigenvalue weighted by atomic mass is 31.1. The van der Waals surface area contributed by atoms with Gasteiger partial charge in [-0.1, -0.05) is 121 Å². The second-order valence-corrected chi connectivity index (χ2v) is 14.3. The van der Waals surface area contributed by atoms with Gasteiger partial charge in [0, 0.05) is 28.4 Å². The second-order valence-electron chi connectivity index (χ2n) is 11.0. The normalized spacial score (nSPS) is 15.1. The molecule has 1 aliphatic rings. The Balaban J connectivity index is 1.24. The Morgan fingerprint density at radius 3 is 1.61 bits per heavy atom. The van der Waals surface area contributed by atoms with Gasteiger partial charge in [0.15, 0.2) is 0 Å². The maximum atomic E-state index is 6.77. The highest BCUT2D eigenvalue weighted by molar-refractivity contribution is 7.76. The SMILES string of the molecule is C[C@H](Np1oc2ccc3ccccc3c2c2c(ccc3ccccc32)o1)[C]1[CH][CH][CH][C]1P(c1ccccc1)c1ccccc1. The molecule has 6 aromatic carbocycles. The lowest BCUT2D eigenvalue weighted by atomic mass is 9.99. The van der Waals surface area contributed by atoms with Crippen LogP contribution in [0.4, 0.5) is 0 Å². The van der Waals surface area contributed by atoms with Crippen molar-refractivity contribution in [2.75, 3.05) is 5.09 Å². The molecule has 5 heteroatoms. The summed E-state index contributed by atoms with van der Waals surface area (Å²) in [5, 5.41) is 13.3. The molecule has 8 rings (SSSR count). The molecule has 7 aromatic rings. The number of fused-ring (bicyclic) bond motifs is 7. The van der Waals surface area contributed by atoms with Crippen LogP contribution in [-0.4, -0.2) is 6.04 Å². The van der Waals surface area contributed by atoms with Gasteiger partial charge in [0.05, 0.1) is 0 Å². The first kappa shape index (κ1) is 27.7. The Hall–Kier alpha value is -3.87. The summed E-state index contributed by atoms with van der Waals surface area (Å²) in [4.78, 5) is 0. The van der Waals surface area contributed by atoms with Crippen LogP contribution in [0.5, 0.6) is 0 Å². The van der Waals surface area contributed by atoms with Gasteiger partial charge in [0.25, 0.3) is 0 Å². The zero-order valence-electron chi connectivity index (χ0n) is 24.2. The number of hydrogen-bond donors (Lipinski definition) is 1. The molecule has 0 unspecified atom stereocenters. The van der Waals surface area contributed by atoms with Gasteiger partial charge in [-0.3, -0.25) is 0 Å². The Labute approximate surface area is 260 Å². The molecular weight excluding hydrogens is 576 g/mol. The first-order valence-corrected chi connectivity index (χ1v) is 17.4. The van der Waals surface area contributed by atoms with Crippen LogP contribution in [0.15, 0.2) is 142 Å². The summed E-state index contributed by atoms with van der Waals surface area (Å²) in [7, 11) is -2.24. The molecule has 1 heterocycles. The first-order chi connectivity index (χ1) is 21.7. The zero-order chi connectivity index (χ0) is 29.5. The van der Waals surface area contributed by atoms with Gasteiger partial charge in [-0.05, 0) is 78.4 Å². The molecule has 5 radical (unpaired) electrons. The summed E-state index contributed by atoms with van der Waals surface area (Å²) in [5.41, 5.74) is 3.02. The smallest absolute Gasteiger partial charge is 0.307 e. The van der Waals surface area contributed by atoms with Crippen molar-refractivity contribution in [3.63, 3.8) is 0 Å². The molecule has 0 saturated heterocycles. The summed E-state index contributed by atoms with van der Waals surface area (Å²) in [6, 6.07) is 47.2. The van der Waals surface area contributed by atoms with Gasteiger partial charge in [-0.2, -0.15) is 0 Å². The lowest BCUT2D eigenvalue weighted by Gasteiger charge is -2.32. The summed E-state index contributed by atoms with van der Waals surface area (Å²) in [6.07, 6.45) is 6.70. The average Bonchev–Trinajstić information content (AvgIpc) is 3.49. The highest BCUT2D eigenvalue weighted by Gasteiger charge is 2.40. The molecule has 44 heavy (non-hydrogen) atoms. The van der Waals surface area contributed by atoms with Gasteiger partial charge in [0.1, 0.15) is 11.2 Å². The van der Waals surface area contributed by atoms with Gasteiger partial charge < -0.3 is 8.39 Å². The molecule has 1 saturated carbocycles. The third-order valence-electron chi connectivity index (χ3n) is 8.26. The topological polar surface area (TPSA) is 38.3 Å². The molecule has 1 aromatic heterocycles. The molecule has 1 fully saturated rings. The standard InChI is InChI=1S/C39H30NO2P2/c1-27(32-21-12-22-37(32)43(30-15-4-2-5-16-30)31-17-6-3-7-18-31)40-44-41-35-25-23-28-13-8-10-19-33(28)38(35)39-34-20-11-9-14-29(34)24-26-36(39)42-44/h2-27,40H,1H3/t27-/m0/s1. The molecule has 3 nitrogen and oxygen atoms in total. The van der Waals surface area contributed by atoms with E-state index in [0.29, 0.717) is 0 Å². The molecular formula is C39H30NO2P2. The van der Waals surface area contributed by atoms with E-state index >= 15 is 0 Å². The van der Waals surface area contributed by atoms with Crippen LogP contribution in [0.25, 0.3) is 43.5 Å². The second kappa shape index (κ2) is 11.9. The Morgan fingerprint density at radius 1 is 0.568 bits per heavy atom.